The predicted octanol–water partition coefficient (Wildman–Crippen LogP) is 6.54. The summed E-state index contributed by atoms with van der Waals surface area (Å²) in [5, 5.41) is 18.2. The van der Waals surface area contributed by atoms with Crippen molar-refractivity contribution in [3.63, 3.8) is 0 Å². The van der Waals surface area contributed by atoms with Crippen LogP contribution >= 0.6 is 11.3 Å². The van der Waals surface area contributed by atoms with Crippen LogP contribution in [0.5, 0.6) is 0 Å². The van der Waals surface area contributed by atoms with E-state index < -0.39 is 6.10 Å². The minimum atomic E-state index is -0.649. The van der Waals surface area contributed by atoms with Gasteiger partial charge in [-0.25, -0.2) is 4.98 Å². The van der Waals surface area contributed by atoms with Gasteiger partial charge in [0.25, 0.3) is 5.91 Å². The van der Waals surface area contributed by atoms with E-state index in [4.69, 9.17) is 4.52 Å². The summed E-state index contributed by atoms with van der Waals surface area (Å²) in [6, 6.07) is 18.9. The summed E-state index contributed by atoms with van der Waals surface area (Å²) in [5.41, 5.74) is 3.94. The molecule has 5 rings (SSSR count). The molecule has 3 atom stereocenters. The molecular weight excluding hydrogens is 534 g/mol. The van der Waals surface area contributed by atoms with Gasteiger partial charge >= 0.3 is 0 Å². The van der Waals surface area contributed by atoms with Crippen LogP contribution in [0.1, 0.15) is 86.6 Å². The smallest absolute Gasteiger partial charge is 0.254 e. The van der Waals surface area contributed by atoms with Gasteiger partial charge in [-0.2, -0.15) is 0 Å². The number of likely N-dealkylation sites (tertiary alicyclic amines) is 1. The van der Waals surface area contributed by atoms with Crippen molar-refractivity contribution >= 4 is 23.0 Å². The molecule has 1 aliphatic heterocycles. The third kappa shape index (κ3) is 7.37. The van der Waals surface area contributed by atoms with Gasteiger partial charge in [-0.3, -0.25) is 9.59 Å². The lowest BCUT2D eigenvalue weighted by Gasteiger charge is -2.24. The van der Waals surface area contributed by atoms with Gasteiger partial charge in [-0.15, -0.1) is 11.3 Å². The van der Waals surface area contributed by atoms with Crippen molar-refractivity contribution in [2.75, 3.05) is 6.54 Å². The molecule has 0 unspecified atom stereocenters. The number of thiazole rings is 1. The van der Waals surface area contributed by atoms with Gasteiger partial charge in [0.2, 0.25) is 0 Å². The number of ketones is 1. The average Bonchev–Trinajstić information content (AvgIpc) is 3.74. The first-order chi connectivity index (χ1) is 19.9. The Hall–Kier alpha value is -3.62. The second kappa shape index (κ2) is 13.4. The number of carbonyl (C=O) groups excluding carboxylic acids is 2. The molecule has 3 heterocycles. The highest BCUT2D eigenvalue weighted by molar-refractivity contribution is 7.09. The number of rotatable bonds is 12. The lowest BCUT2D eigenvalue weighted by Crippen LogP contribution is -2.30. The molecule has 0 radical (unpaired) electrons. The molecule has 4 aromatic rings. The maximum Gasteiger partial charge on any atom is 0.254 e. The topological polar surface area (TPSA) is 96.5 Å². The van der Waals surface area contributed by atoms with Crippen molar-refractivity contribution in [3.05, 3.63) is 105 Å². The molecule has 7 nitrogen and oxygen atoms in total. The second-order valence-corrected chi connectivity index (χ2v) is 11.9. The standard InChI is InChI=1S/C33H37N3O4S/c1-22-21-41-32(34-22)29-14-8-16-36(29)33(39)26-12-6-11-25(19-26)31(38)20-27(18-24-9-4-3-5-10-24)30(37)15-7-13-28-17-23(2)40-35-28/h3-6,9-12,17,19,21,27,29-30,37H,7-8,13-16,18,20H2,1-2H3/t27-,29-,30-/m1/s1. The number of aliphatic hydroxyl groups is 1. The molecule has 41 heavy (non-hydrogen) atoms. The number of aromatic nitrogens is 2. The van der Waals surface area contributed by atoms with Gasteiger partial charge in [0.05, 0.1) is 17.8 Å². The van der Waals surface area contributed by atoms with E-state index in [9.17, 15) is 14.7 Å². The number of aliphatic hydroxyl groups excluding tert-OH is 1. The quantitative estimate of drug-likeness (QED) is 0.194. The molecule has 0 bridgehead atoms. The first-order valence-corrected chi connectivity index (χ1v) is 15.3. The zero-order valence-electron chi connectivity index (χ0n) is 23.7. The highest BCUT2D eigenvalue weighted by Gasteiger charge is 2.33. The van der Waals surface area contributed by atoms with E-state index >= 15 is 0 Å². The largest absolute Gasteiger partial charge is 0.393 e. The molecule has 8 heteroatoms. The van der Waals surface area contributed by atoms with Crippen LogP contribution in [0.2, 0.25) is 0 Å². The zero-order chi connectivity index (χ0) is 28.8. The molecule has 2 aromatic heterocycles. The van der Waals surface area contributed by atoms with Gasteiger partial charge in [0, 0.05) is 41.2 Å². The normalized spacial score (nSPS) is 16.6. The van der Waals surface area contributed by atoms with E-state index in [2.05, 4.69) is 10.1 Å². The Kier molecular flexibility index (Phi) is 9.42. The van der Waals surface area contributed by atoms with Crippen molar-refractivity contribution in [2.24, 2.45) is 5.92 Å². The molecule has 0 aliphatic carbocycles. The monoisotopic (exact) mass is 571 g/mol. The van der Waals surface area contributed by atoms with Crippen molar-refractivity contribution < 1.29 is 19.2 Å². The predicted molar refractivity (Wildman–Crippen MR) is 159 cm³/mol. The number of benzene rings is 2. The molecule has 1 amide bonds. The number of amides is 1. The van der Waals surface area contributed by atoms with Crippen LogP contribution in [0.4, 0.5) is 0 Å². The molecule has 0 saturated carbocycles. The molecule has 0 spiro atoms. The molecule has 1 N–H and O–H groups in total. The minimum absolute atomic E-state index is 0.0212. The summed E-state index contributed by atoms with van der Waals surface area (Å²) in [4.78, 5) is 33.6. The Morgan fingerprint density at radius 3 is 2.63 bits per heavy atom. The second-order valence-electron chi connectivity index (χ2n) is 11.0. The van der Waals surface area contributed by atoms with Crippen LogP contribution in [0.15, 0.2) is 70.6 Å². The van der Waals surface area contributed by atoms with Gasteiger partial charge in [0.1, 0.15) is 10.8 Å². The number of Topliss-reactive ketones (excluding diaryl/α,β-unsaturated/α-hetero) is 1. The minimum Gasteiger partial charge on any atom is -0.393 e. The van der Waals surface area contributed by atoms with Gasteiger partial charge < -0.3 is 14.5 Å². The number of carbonyl (C=O) groups is 2. The van der Waals surface area contributed by atoms with Crippen molar-refractivity contribution in [2.45, 2.75) is 70.9 Å². The fourth-order valence-electron chi connectivity index (χ4n) is 5.66. The van der Waals surface area contributed by atoms with Crippen LogP contribution in [-0.4, -0.2) is 44.5 Å². The summed E-state index contributed by atoms with van der Waals surface area (Å²) in [5.74, 6) is 0.381. The van der Waals surface area contributed by atoms with Crippen LogP contribution in [0.25, 0.3) is 0 Å². The number of hydrogen-bond donors (Lipinski definition) is 1. The Morgan fingerprint density at radius 1 is 1.10 bits per heavy atom. The third-order valence-electron chi connectivity index (χ3n) is 7.81. The van der Waals surface area contributed by atoms with Crippen molar-refractivity contribution in [3.8, 4) is 0 Å². The molecule has 214 valence electrons. The summed E-state index contributed by atoms with van der Waals surface area (Å²) in [6.45, 7) is 4.51. The summed E-state index contributed by atoms with van der Waals surface area (Å²) in [7, 11) is 0. The van der Waals surface area contributed by atoms with Crippen LogP contribution in [0, 0.1) is 19.8 Å². The van der Waals surface area contributed by atoms with Crippen LogP contribution in [0.3, 0.4) is 0 Å². The lowest BCUT2D eigenvalue weighted by molar-refractivity contribution is 0.0734. The number of aryl methyl sites for hydroxylation is 3. The third-order valence-corrected chi connectivity index (χ3v) is 8.87. The van der Waals surface area contributed by atoms with Crippen LogP contribution in [-0.2, 0) is 12.8 Å². The Bertz CT molecular complexity index is 1460. The Labute approximate surface area is 245 Å². The number of nitrogens with zero attached hydrogens (tertiary/aromatic N) is 3. The van der Waals surface area contributed by atoms with E-state index in [1.807, 2.05) is 60.5 Å². The fraction of sp³-hybridized carbons (Fsp3) is 0.394. The van der Waals surface area contributed by atoms with E-state index in [0.717, 1.165) is 47.0 Å². The first kappa shape index (κ1) is 28.9. The SMILES string of the molecule is Cc1csc([C@H]2CCCN2C(=O)c2cccc(C(=O)C[C@@H](Cc3ccccc3)[C@H](O)CCCc3cc(C)on3)c2)n1. The van der Waals surface area contributed by atoms with Gasteiger partial charge in [-0.05, 0) is 76.0 Å². The van der Waals surface area contributed by atoms with Crippen molar-refractivity contribution in [1.29, 1.82) is 0 Å². The van der Waals surface area contributed by atoms with Gasteiger partial charge in [-0.1, -0.05) is 47.6 Å². The fourth-order valence-corrected chi connectivity index (χ4v) is 6.61. The highest BCUT2D eigenvalue weighted by Crippen LogP contribution is 2.35. The molecule has 1 saturated heterocycles. The van der Waals surface area contributed by atoms with Gasteiger partial charge in [0.15, 0.2) is 5.78 Å². The highest BCUT2D eigenvalue weighted by atomic mass is 32.1. The maximum atomic E-state index is 13.6. The molecule has 1 fully saturated rings. The summed E-state index contributed by atoms with van der Waals surface area (Å²) < 4.78 is 5.15. The van der Waals surface area contributed by atoms with E-state index in [1.165, 1.54) is 0 Å². The lowest BCUT2D eigenvalue weighted by atomic mass is 9.85. The van der Waals surface area contributed by atoms with Crippen LogP contribution < -0.4 is 0 Å². The number of hydrogen-bond acceptors (Lipinski definition) is 7. The van der Waals surface area contributed by atoms with Crippen molar-refractivity contribution in [1.82, 2.24) is 15.0 Å². The maximum absolute atomic E-state index is 13.6. The Balaban J connectivity index is 1.27. The Morgan fingerprint density at radius 2 is 1.90 bits per heavy atom. The summed E-state index contributed by atoms with van der Waals surface area (Å²) in [6.07, 6.45) is 3.98. The van der Waals surface area contributed by atoms with E-state index in [1.54, 1.807) is 35.6 Å². The summed E-state index contributed by atoms with van der Waals surface area (Å²) >= 11 is 1.60. The molecular formula is C33H37N3O4S. The first-order valence-electron chi connectivity index (χ1n) is 14.4. The van der Waals surface area contributed by atoms with E-state index in [0.29, 0.717) is 36.9 Å². The zero-order valence-corrected chi connectivity index (χ0v) is 24.5. The molecule has 1 aliphatic rings. The van der Waals surface area contributed by atoms with E-state index in [-0.39, 0.29) is 30.1 Å². The average molecular weight is 572 g/mol. The molecule has 2 aromatic carbocycles.